The van der Waals surface area contributed by atoms with Crippen molar-refractivity contribution in [3.05, 3.63) is 6.42 Å². The number of hydrogen-bond acceptors (Lipinski definition) is 2. The van der Waals surface area contributed by atoms with Crippen LogP contribution in [0, 0.1) is 6.42 Å². The van der Waals surface area contributed by atoms with Gasteiger partial charge in [-0.3, -0.25) is 9.59 Å². The first-order valence-corrected chi connectivity index (χ1v) is 5.63. The lowest BCUT2D eigenvalue weighted by molar-refractivity contribution is -0.127. The molecule has 0 spiro atoms. The molecule has 81 valence electrons. The van der Waals surface area contributed by atoms with Gasteiger partial charge in [0.05, 0.1) is 0 Å². The molecule has 0 atom stereocenters. The summed E-state index contributed by atoms with van der Waals surface area (Å²) in [6, 6.07) is 0. The fraction of sp³-hybridized carbons (Fsp3) is 0.750. The standard InChI is InChI=1S/C12H21O2/c1-2-3-4-5-6-7-8-9-10-12(14)11-13/h10-11H,2-9H2,1H3. The molecule has 0 saturated carbocycles. The van der Waals surface area contributed by atoms with Gasteiger partial charge in [-0.25, -0.2) is 0 Å². The predicted octanol–water partition coefficient (Wildman–Crippen LogP) is 3.10. The highest BCUT2D eigenvalue weighted by Crippen LogP contribution is 2.08. The molecule has 2 nitrogen and oxygen atoms in total. The van der Waals surface area contributed by atoms with E-state index >= 15 is 0 Å². The van der Waals surface area contributed by atoms with Crippen LogP contribution in [0.15, 0.2) is 0 Å². The lowest BCUT2D eigenvalue weighted by atomic mass is 10.1. The Kier molecular flexibility index (Phi) is 9.93. The molecule has 0 saturated heterocycles. The molecular weight excluding hydrogens is 176 g/mol. The Morgan fingerprint density at radius 2 is 1.57 bits per heavy atom. The Bertz CT molecular complexity index is 152. The van der Waals surface area contributed by atoms with E-state index in [1.165, 1.54) is 44.9 Å². The number of Topliss-reactive ketones (excluding diaryl/α,β-unsaturated/α-hetero) is 1. The second-order valence-corrected chi connectivity index (χ2v) is 3.63. The van der Waals surface area contributed by atoms with Crippen molar-refractivity contribution in [2.24, 2.45) is 0 Å². The van der Waals surface area contributed by atoms with Crippen molar-refractivity contribution in [3.63, 3.8) is 0 Å². The fourth-order valence-electron chi connectivity index (χ4n) is 1.39. The first-order valence-electron chi connectivity index (χ1n) is 5.63. The molecule has 0 bridgehead atoms. The Morgan fingerprint density at radius 3 is 2.14 bits per heavy atom. The third-order valence-electron chi connectivity index (χ3n) is 2.27. The lowest BCUT2D eigenvalue weighted by Crippen LogP contribution is -1.98. The molecule has 0 fully saturated rings. The van der Waals surface area contributed by atoms with E-state index < -0.39 is 0 Å². The van der Waals surface area contributed by atoms with E-state index in [4.69, 9.17) is 0 Å². The van der Waals surface area contributed by atoms with Crippen LogP contribution in [0.5, 0.6) is 0 Å². The van der Waals surface area contributed by atoms with Crippen LogP contribution in [-0.4, -0.2) is 12.1 Å². The first kappa shape index (κ1) is 13.3. The van der Waals surface area contributed by atoms with Gasteiger partial charge in [-0.05, 0) is 6.42 Å². The fourth-order valence-corrected chi connectivity index (χ4v) is 1.39. The van der Waals surface area contributed by atoms with Crippen molar-refractivity contribution >= 4 is 12.1 Å². The van der Waals surface area contributed by atoms with Crippen molar-refractivity contribution in [2.45, 2.75) is 58.3 Å². The van der Waals surface area contributed by atoms with Crippen molar-refractivity contribution < 1.29 is 9.59 Å². The second-order valence-electron chi connectivity index (χ2n) is 3.63. The van der Waals surface area contributed by atoms with E-state index in [2.05, 4.69) is 6.92 Å². The molecule has 14 heavy (non-hydrogen) atoms. The number of aldehydes is 1. The van der Waals surface area contributed by atoms with E-state index in [-0.39, 0.29) is 5.78 Å². The summed E-state index contributed by atoms with van der Waals surface area (Å²) in [7, 11) is 0. The van der Waals surface area contributed by atoms with Gasteiger partial charge in [0.1, 0.15) is 0 Å². The van der Waals surface area contributed by atoms with Crippen LogP contribution in [-0.2, 0) is 9.59 Å². The van der Waals surface area contributed by atoms with Crippen molar-refractivity contribution in [1.82, 2.24) is 0 Å². The smallest absolute Gasteiger partial charge is 0.198 e. The third kappa shape index (κ3) is 9.43. The van der Waals surface area contributed by atoms with Gasteiger partial charge in [0.2, 0.25) is 0 Å². The lowest BCUT2D eigenvalue weighted by Gasteiger charge is -1.99. The average molecular weight is 197 g/mol. The van der Waals surface area contributed by atoms with Crippen molar-refractivity contribution in [2.75, 3.05) is 0 Å². The summed E-state index contributed by atoms with van der Waals surface area (Å²) in [6.45, 7) is 2.21. The maximum Gasteiger partial charge on any atom is 0.198 e. The van der Waals surface area contributed by atoms with E-state index in [0.29, 0.717) is 6.29 Å². The van der Waals surface area contributed by atoms with Crippen LogP contribution in [0.25, 0.3) is 0 Å². The molecule has 0 aromatic rings. The molecule has 0 aliphatic heterocycles. The van der Waals surface area contributed by atoms with Crippen LogP contribution in [0.1, 0.15) is 58.3 Å². The topological polar surface area (TPSA) is 34.1 Å². The zero-order valence-electron chi connectivity index (χ0n) is 9.13. The van der Waals surface area contributed by atoms with E-state index in [9.17, 15) is 9.59 Å². The highest BCUT2D eigenvalue weighted by molar-refractivity contribution is 6.29. The molecule has 0 aromatic heterocycles. The number of carbonyl (C=O) groups is 2. The Balaban J connectivity index is 2.99. The van der Waals surface area contributed by atoms with Gasteiger partial charge in [-0.1, -0.05) is 51.9 Å². The maximum atomic E-state index is 10.6. The largest absolute Gasteiger partial charge is 0.295 e. The Hall–Kier alpha value is -0.660. The zero-order valence-corrected chi connectivity index (χ0v) is 9.13. The van der Waals surface area contributed by atoms with Gasteiger partial charge in [-0.2, -0.15) is 0 Å². The van der Waals surface area contributed by atoms with Crippen LogP contribution in [0.2, 0.25) is 0 Å². The molecule has 0 aliphatic carbocycles. The van der Waals surface area contributed by atoms with Gasteiger partial charge < -0.3 is 0 Å². The van der Waals surface area contributed by atoms with Gasteiger partial charge in [-0.15, -0.1) is 0 Å². The summed E-state index contributed by atoms with van der Waals surface area (Å²) >= 11 is 0. The normalized spacial score (nSPS) is 10.1. The van der Waals surface area contributed by atoms with Gasteiger partial charge in [0, 0.05) is 6.42 Å². The van der Waals surface area contributed by atoms with Gasteiger partial charge in [0.15, 0.2) is 12.1 Å². The molecule has 0 unspecified atom stereocenters. The monoisotopic (exact) mass is 197 g/mol. The molecule has 0 amide bonds. The number of unbranched alkanes of at least 4 members (excludes halogenated alkanes) is 7. The third-order valence-corrected chi connectivity index (χ3v) is 2.27. The molecule has 2 heteroatoms. The molecule has 0 heterocycles. The number of rotatable bonds is 10. The minimum Gasteiger partial charge on any atom is -0.295 e. The summed E-state index contributed by atoms with van der Waals surface area (Å²) in [5.74, 6) is -0.379. The molecular formula is C12H21O2. The average Bonchev–Trinajstić information content (AvgIpc) is 2.21. The molecule has 0 aliphatic rings. The van der Waals surface area contributed by atoms with E-state index in [1.54, 1.807) is 0 Å². The highest BCUT2D eigenvalue weighted by atomic mass is 16.2. The van der Waals surface area contributed by atoms with Gasteiger partial charge >= 0.3 is 0 Å². The molecule has 1 radical (unpaired) electrons. The first-order chi connectivity index (χ1) is 6.81. The summed E-state index contributed by atoms with van der Waals surface area (Å²) in [6.07, 6.45) is 11.3. The number of hydrogen-bond donors (Lipinski definition) is 0. The minimum absolute atomic E-state index is 0.376. The maximum absolute atomic E-state index is 10.6. The summed E-state index contributed by atoms with van der Waals surface area (Å²) < 4.78 is 0. The molecule has 0 rings (SSSR count). The van der Waals surface area contributed by atoms with E-state index in [0.717, 1.165) is 12.8 Å². The van der Waals surface area contributed by atoms with Crippen molar-refractivity contribution in [3.8, 4) is 0 Å². The van der Waals surface area contributed by atoms with Gasteiger partial charge in [0.25, 0.3) is 0 Å². The van der Waals surface area contributed by atoms with Crippen LogP contribution >= 0.6 is 0 Å². The van der Waals surface area contributed by atoms with E-state index in [1.807, 2.05) is 0 Å². The Labute approximate surface area is 87.1 Å². The summed E-state index contributed by atoms with van der Waals surface area (Å²) in [4.78, 5) is 20.5. The number of carbonyl (C=O) groups excluding carboxylic acids is 2. The summed E-state index contributed by atoms with van der Waals surface area (Å²) in [5, 5.41) is 0. The SMILES string of the molecule is CCCCCCCCC[CH]C(=O)C=O. The van der Waals surface area contributed by atoms with Crippen LogP contribution in [0.3, 0.4) is 0 Å². The molecule has 0 aromatic carbocycles. The van der Waals surface area contributed by atoms with Crippen LogP contribution < -0.4 is 0 Å². The highest BCUT2D eigenvalue weighted by Gasteiger charge is 1.98. The molecule has 0 N–H and O–H groups in total. The van der Waals surface area contributed by atoms with Crippen LogP contribution in [0.4, 0.5) is 0 Å². The predicted molar refractivity (Wildman–Crippen MR) is 58.0 cm³/mol. The van der Waals surface area contributed by atoms with Crippen molar-refractivity contribution in [1.29, 1.82) is 0 Å². The second kappa shape index (κ2) is 10.4. The zero-order chi connectivity index (χ0) is 10.6. The Morgan fingerprint density at radius 1 is 1.00 bits per heavy atom. The quantitative estimate of drug-likeness (QED) is 0.306. The minimum atomic E-state index is -0.379. The summed E-state index contributed by atoms with van der Waals surface area (Å²) in [5.41, 5.74) is 0. The number of ketones is 1.